The Morgan fingerprint density at radius 2 is 2.18 bits per heavy atom. The summed E-state index contributed by atoms with van der Waals surface area (Å²) >= 11 is 0. The lowest BCUT2D eigenvalue weighted by atomic mass is 9.81. The SMILES string of the molecule is CC1(C(O)C2CCCCO2)Cc2ccc(C#N)cc2C(n2ccccc2=O)O1. The number of hydrogen-bond donors (Lipinski definition) is 1. The summed E-state index contributed by atoms with van der Waals surface area (Å²) in [4.78, 5) is 12.5. The summed E-state index contributed by atoms with van der Waals surface area (Å²) in [6.45, 7) is 2.51. The molecule has 4 atom stereocenters. The van der Waals surface area contributed by atoms with Gasteiger partial charge in [-0.25, -0.2) is 0 Å². The highest BCUT2D eigenvalue weighted by atomic mass is 16.5. The number of benzene rings is 1. The standard InChI is InChI=1S/C22H24N2O4/c1-22(20(26)18-6-3-5-11-27-18)13-16-9-8-15(14-23)12-17(16)21(28-22)24-10-4-2-7-19(24)25/h2,4,7-10,12,18,20-21,26H,3,5-6,11,13H2,1H3. The van der Waals surface area contributed by atoms with Crippen LogP contribution in [0.1, 0.15) is 49.1 Å². The molecule has 4 rings (SSSR count). The summed E-state index contributed by atoms with van der Waals surface area (Å²) in [6.07, 6.45) is 3.14. The number of aliphatic hydroxyl groups excluding tert-OH is 1. The lowest BCUT2D eigenvalue weighted by Crippen LogP contribution is -2.55. The predicted molar refractivity (Wildman–Crippen MR) is 103 cm³/mol. The van der Waals surface area contributed by atoms with Gasteiger partial charge in [0.2, 0.25) is 0 Å². The Balaban J connectivity index is 1.77. The zero-order valence-electron chi connectivity index (χ0n) is 15.9. The van der Waals surface area contributed by atoms with E-state index in [0.29, 0.717) is 18.6 Å². The fourth-order valence-corrected chi connectivity index (χ4v) is 4.22. The van der Waals surface area contributed by atoms with Gasteiger partial charge in [-0.1, -0.05) is 12.1 Å². The first-order chi connectivity index (χ1) is 13.5. The molecule has 0 amide bonds. The largest absolute Gasteiger partial charge is 0.387 e. The van der Waals surface area contributed by atoms with E-state index >= 15 is 0 Å². The van der Waals surface area contributed by atoms with Crippen LogP contribution < -0.4 is 5.56 Å². The molecule has 1 fully saturated rings. The summed E-state index contributed by atoms with van der Waals surface area (Å²) in [5, 5.41) is 20.4. The lowest BCUT2D eigenvalue weighted by Gasteiger charge is -2.45. The molecule has 6 heteroatoms. The van der Waals surface area contributed by atoms with Crippen LogP contribution in [0.3, 0.4) is 0 Å². The zero-order chi connectivity index (χ0) is 19.7. The van der Waals surface area contributed by atoms with Crippen molar-refractivity contribution in [1.82, 2.24) is 4.57 Å². The van der Waals surface area contributed by atoms with E-state index in [1.807, 2.05) is 13.0 Å². The van der Waals surface area contributed by atoms with Crippen LogP contribution >= 0.6 is 0 Å². The van der Waals surface area contributed by atoms with Gasteiger partial charge in [0, 0.05) is 30.9 Å². The van der Waals surface area contributed by atoms with Crippen molar-refractivity contribution in [2.45, 2.75) is 56.6 Å². The van der Waals surface area contributed by atoms with Crippen molar-refractivity contribution in [3.63, 3.8) is 0 Å². The smallest absolute Gasteiger partial charge is 0.252 e. The van der Waals surface area contributed by atoms with Crippen molar-refractivity contribution >= 4 is 0 Å². The van der Waals surface area contributed by atoms with Gasteiger partial charge in [0.15, 0.2) is 6.23 Å². The topological polar surface area (TPSA) is 84.5 Å². The number of aliphatic hydroxyl groups is 1. The number of nitriles is 1. The van der Waals surface area contributed by atoms with Crippen molar-refractivity contribution in [3.8, 4) is 6.07 Å². The van der Waals surface area contributed by atoms with E-state index in [9.17, 15) is 15.2 Å². The Morgan fingerprint density at radius 1 is 1.32 bits per heavy atom. The number of rotatable bonds is 3. The Hall–Kier alpha value is -2.46. The van der Waals surface area contributed by atoms with E-state index in [4.69, 9.17) is 9.47 Å². The van der Waals surface area contributed by atoms with Gasteiger partial charge in [-0.3, -0.25) is 9.36 Å². The Morgan fingerprint density at radius 3 is 2.89 bits per heavy atom. The van der Waals surface area contributed by atoms with Crippen LogP contribution in [-0.4, -0.2) is 34.1 Å². The number of pyridine rings is 1. The van der Waals surface area contributed by atoms with Crippen molar-refractivity contribution < 1.29 is 14.6 Å². The Labute approximate surface area is 163 Å². The highest BCUT2D eigenvalue weighted by Crippen LogP contribution is 2.40. The highest BCUT2D eigenvalue weighted by molar-refractivity contribution is 5.41. The van der Waals surface area contributed by atoms with Gasteiger partial charge in [-0.2, -0.15) is 5.26 Å². The molecule has 1 aromatic carbocycles. The lowest BCUT2D eigenvalue weighted by molar-refractivity contribution is -0.203. The van der Waals surface area contributed by atoms with E-state index in [1.54, 1.807) is 30.5 Å². The molecular formula is C22H24N2O4. The molecule has 2 aliphatic heterocycles. The average molecular weight is 380 g/mol. The maximum absolute atomic E-state index is 12.5. The van der Waals surface area contributed by atoms with E-state index in [0.717, 1.165) is 30.4 Å². The third kappa shape index (κ3) is 3.37. The van der Waals surface area contributed by atoms with E-state index < -0.39 is 17.9 Å². The van der Waals surface area contributed by atoms with Gasteiger partial charge in [-0.05, 0) is 49.9 Å². The van der Waals surface area contributed by atoms with Crippen LogP contribution in [0.2, 0.25) is 0 Å². The second-order valence-corrected chi connectivity index (χ2v) is 7.78. The van der Waals surface area contributed by atoms with Gasteiger partial charge >= 0.3 is 0 Å². The van der Waals surface area contributed by atoms with Gasteiger partial charge in [0.05, 0.1) is 17.7 Å². The van der Waals surface area contributed by atoms with Crippen LogP contribution in [0.25, 0.3) is 0 Å². The molecular weight excluding hydrogens is 356 g/mol. The zero-order valence-corrected chi connectivity index (χ0v) is 15.9. The van der Waals surface area contributed by atoms with Crippen LogP contribution in [0, 0.1) is 11.3 Å². The molecule has 1 saturated heterocycles. The minimum atomic E-state index is -0.914. The second-order valence-electron chi connectivity index (χ2n) is 7.78. The normalized spacial score (nSPS) is 28.2. The quantitative estimate of drug-likeness (QED) is 0.885. The van der Waals surface area contributed by atoms with E-state index in [-0.39, 0.29) is 11.7 Å². The molecule has 0 spiro atoms. The van der Waals surface area contributed by atoms with Gasteiger partial charge < -0.3 is 14.6 Å². The molecule has 0 aliphatic carbocycles. The molecule has 6 nitrogen and oxygen atoms in total. The Kier molecular flexibility index (Phi) is 5.07. The summed E-state index contributed by atoms with van der Waals surface area (Å²) in [6, 6.07) is 12.5. The van der Waals surface area contributed by atoms with Crippen LogP contribution in [0.15, 0.2) is 47.4 Å². The monoisotopic (exact) mass is 380 g/mol. The molecule has 0 bridgehead atoms. The fourth-order valence-electron chi connectivity index (χ4n) is 4.22. The van der Waals surface area contributed by atoms with Crippen molar-refractivity contribution in [2.24, 2.45) is 0 Å². The fraction of sp³-hybridized carbons (Fsp3) is 0.455. The summed E-state index contributed by atoms with van der Waals surface area (Å²) in [7, 11) is 0. The molecule has 1 aromatic heterocycles. The number of ether oxygens (including phenoxy) is 2. The number of fused-ring (bicyclic) bond motifs is 1. The predicted octanol–water partition coefficient (Wildman–Crippen LogP) is 2.53. The van der Waals surface area contributed by atoms with Crippen molar-refractivity contribution in [3.05, 3.63) is 69.6 Å². The van der Waals surface area contributed by atoms with E-state index in [2.05, 4.69) is 6.07 Å². The first kappa shape index (κ1) is 18.9. The maximum atomic E-state index is 12.5. The van der Waals surface area contributed by atoms with Gasteiger partial charge in [0.25, 0.3) is 5.56 Å². The summed E-state index contributed by atoms with van der Waals surface area (Å²) in [5.74, 6) is 0. The minimum Gasteiger partial charge on any atom is -0.387 e. The molecule has 146 valence electrons. The van der Waals surface area contributed by atoms with Crippen LogP contribution in [0.5, 0.6) is 0 Å². The molecule has 2 aliphatic rings. The Bertz CT molecular complexity index is 957. The molecule has 3 heterocycles. The van der Waals surface area contributed by atoms with Crippen LogP contribution in [-0.2, 0) is 15.9 Å². The molecule has 0 saturated carbocycles. The molecule has 0 radical (unpaired) electrons. The molecule has 28 heavy (non-hydrogen) atoms. The summed E-state index contributed by atoms with van der Waals surface area (Å²) in [5.41, 5.74) is 1.14. The van der Waals surface area contributed by atoms with Crippen molar-refractivity contribution in [1.29, 1.82) is 5.26 Å². The number of hydrogen-bond acceptors (Lipinski definition) is 5. The first-order valence-corrected chi connectivity index (χ1v) is 9.69. The minimum absolute atomic E-state index is 0.200. The molecule has 2 aromatic rings. The second kappa shape index (κ2) is 7.51. The van der Waals surface area contributed by atoms with Gasteiger partial charge in [-0.15, -0.1) is 0 Å². The average Bonchev–Trinajstić information content (AvgIpc) is 2.73. The highest BCUT2D eigenvalue weighted by Gasteiger charge is 2.46. The van der Waals surface area contributed by atoms with Crippen LogP contribution in [0.4, 0.5) is 0 Å². The number of aromatic nitrogens is 1. The third-order valence-corrected chi connectivity index (χ3v) is 5.76. The summed E-state index contributed by atoms with van der Waals surface area (Å²) < 4.78 is 13.7. The first-order valence-electron chi connectivity index (χ1n) is 9.69. The molecule has 1 N–H and O–H groups in total. The van der Waals surface area contributed by atoms with Crippen molar-refractivity contribution in [2.75, 3.05) is 6.61 Å². The van der Waals surface area contributed by atoms with E-state index in [1.165, 1.54) is 10.6 Å². The number of nitrogens with zero attached hydrogens (tertiary/aromatic N) is 2. The molecule has 4 unspecified atom stereocenters. The third-order valence-electron chi connectivity index (χ3n) is 5.76. The maximum Gasteiger partial charge on any atom is 0.252 e. The van der Waals surface area contributed by atoms with Gasteiger partial charge in [0.1, 0.15) is 11.7 Å².